The molecule has 0 radical (unpaired) electrons. The highest BCUT2D eigenvalue weighted by atomic mass is 35.5. The molecule has 9 heteroatoms. The average molecular weight is 401 g/mol. The number of morpholine rings is 1. The lowest BCUT2D eigenvalue weighted by molar-refractivity contribution is -0.115. The molecule has 1 saturated heterocycles. The summed E-state index contributed by atoms with van der Waals surface area (Å²) in [6.45, 7) is 1.28. The number of sulfonamides is 1. The maximum Gasteiger partial charge on any atom is 0.244 e. The summed E-state index contributed by atoms with van der Waals surface area (Å²) in [5.41, 5.74) is 0.401. The molecular formula is C16H17ClN2O4S2. The zero-order chi connectivity index (χ0) is 17.9. The maximum atomic E-state index is 12.8. The first kappa shape index (κ1) is 18.3. The van der Waals surface area contributed by atoms with Gasteiger partial charge in [-0.15, -0.1) is 11.3 Å². The molecule has 1 N–H and O–H groups in total. The highest BCUT2D eigenvalue weighted by molar-refractivity contribution is 7.89. The van der Waals surface area contributed by atoms with Crippen molar-refractivity contribution in [3.8, 4) is 0 Å². The number of ether oxygens (including phenoxy) is 1. The Morgan fingerprint density at radius 2 is 2.04 bits per heavy atom. The lowest BCUT2D eigenvalue weighted by atomic mass is 10.3. The Bertz CT molecular complexity index is 847. The van der Waals surface area contributed by atoms with Crippen LogP contribution in [-0.4, -0.2) is 44.9 Å². The van der Waals surface area contributed by atoms with E-state index in [-0.39, 0.29) is 35.3 Å². The third kappa shape index (κ3) is 4.39. The summed E-state index contributed by atoms with van der Waals surface area (Å²) in [5, 5.41) is 4.75. The number of benzene rings is 1. The number of hydrogen-bond acceptors (Lipinski definition) is 5. The van der Waals surface area contributed by atoms with Crippen LogP contribution in [0.4, 0.5) is 5.69 Å². The lowest BCUT2D eigenvalue weighted by Gasteiger charge is -2.26. The summed E-state index contributed by atoms with van der Waals surface area (Å²) in [5.74, 6) is -0.209. The Morgan fingerprint density at radius 1 is 1.28 bits per heavy atom. The molecule has 1 aromatic heterocycles. The fourth-order valence-corrected chi connectivity index (χ4v) is 5.09. The number of hydrogen-bond donors (Lipinski definition) is 1. The Kier molecular flexibility index (Phi) is 5.75. The molecule has 1 fully saturated rings. The van der Waals surface area contributed by atoms with Crippen molar-refractivity contribution < 1.29 is 17.9 Å². The van der Waals surface area contributed by atoms with E-state index in [1.54, 1.807) is 6.07 Å². The van der Waals surface area contributed by atoms with Gasteiger partial charge in [0.1, 0.15) is 4.90 Å². The standard InChI is InChI=1S/C16H17ClN2O4S2/c17-14-4-3-12(18-16(20)11-13-2-1-9-24-13)10-15(14)25(21,22)19-5-7-23-8-6-19/h1-4,9-10H,5-8,11H2,(H,18,20). The number of anilines is 1. The smallest absolute Gasteiger partial charge is 0.244 e. The van der Waals surface area contributed by atoms with Gasteiger partial charge in [-0.05, 0) is 29.6 Å². The minimum absolute atomic E-state index is 0.00927. The van der Waals surface area contributed by atoms with Gasteiger partial charge >= 0.3 is 0 Å². The minimum Gasteiger partial charge on any atom is -0.379 e. The van der Waals surface area contributed by atoms with Crippen LogP contribution in [0.25, 0.3) is 0 Å². The first-order valence-electron chi connectivity index (χ1n) is 7.66. The first-order valence-corrected chi connectivity index (χ1v) is 10.4. The Balaban J connectivity index is 1.79. The third-order valence-corrected chi connectivity index (χ3v) is 6.97. The van der Waals surface area contributed by atoms with E-state index in [2.05, 4.69) is 5.32 Å². The molecule has 2 aromatic rings. The van der Waals surface area contributed by atoms with E-state index in [1.807, 2.05) is 17.5 Å². The topological polar surface area (TPSA) is 75.7 Å². The van der Waals surface area contributed by atoms with Gasteiger partial charge in [0.15, 0.2) is 0 Å². The van der Waals surface area contributed by atoms with Crippen molar-refractivity contribution in [3.63, 3.8) is 0 Å². The van der Waals surface area contributed by atoms with Crippen molar-refractivity contribution >= 4 is 44.6 Å². The SMILES string of the molecule is O=C(Cc1cccs1)Nc1ccc(Cl)c(S(=O)(=O)N2CCOCC2)c1. The molecule has 0 aliphatic carbocycles. The fraction of sp³-hybridized carbons (Fsp3) is 0.312. The summed E-state index contributed by atoms with van der Waals surface area (Å²) in [6.07, 6.45) is 0.242. The van der Waals surface area contributed by atoms with Crippen molar-refractivity contribution in [2.75, 3.05) is 31.6 Å². The second kappa shape index (κ2) is 7.84. The van der Waals surface area contributed by atoms with E-state index >= 15 is 0 Å². The molecule has 1 aliphatic heterocycles. The molecule has 2 heterocycles. The zero-order valence-electron chi connectivity index (χ0n) is 13.3. The summed E-state index contributed by atoms with van der Waals surface area (Å²) < 4.78 is 32.1. The van der Waals surface area contributed by atoms with Crippen molar-refractivity contribution in [2.24, 2.45) is 0 Å². The van der Waals surface area contributed by atoms with Crippen LogP contribution < -0.4 is 5.32 Å². The Morgan fingerprint density at radius 3 is 2.72 bits per heavy atom. The van der Waals surface area contributed by atoms with E-state index in [0.717, 1.165) is 4.88 Å². The second-order valence-electron chi connectivity index (χ2n) is 5.47. The van der Waals surface area contributed by atoms with E-state index in [0.29, 0.717) is 18.9 Å². The van der Waals surface area contributed by atoms with Gasteiger partial charge in [-0.1, -0.05) is 17.7 Å². The van der Waals surface area contributed by atoms with Crippen LogP contribution in [0, 0.1) is 0 Å². The molecule has 0 spiro atoms. The number of carbonyl (C=O) groups is 1. The first-order chi connectivity index (χ1) is 12.0. The van der Waals surface area contributed by atoms with Crippen LogP contribution in [-0.2, 0) is 26.0 Å². The van der Waals surface area contributed by atoms with E-state index in [1.165, 1.54) is 27.8 Å². The van der Waals surface area contributed by atoms with Gasteiger partial charge < -0.3 is 10.1 Å². The number of carbonyl (C=O) groups excluding carboxylic acids is 1. The van der Waals surface area contributed by atoms with E-state index < -0.39 is 10.0 Å². The summed E-state index contributed by atoms with van der Waals surface area (Å²) in [7, 11) is -3.73. The van der Waals surface area contributed by atoms with Gasteiger partial charge in [0.05, 0.1) is 24.7 Å². The molecule has 6 nitrogen and oxygen atoms in total. The van der Waals surface area contributed by atoms with E-state index in [9.17, 15) is 13.2 Å². The monoisotopic (exact) mass is 400 g/mol. The Labute approximate surface area is 155 Å². The Hall–Kier alpha value is -1.45. The number of nitrogens with zero attached hydrogens (tertiary/aromatic N) is 1. The van der Waals surface area contributed by atoms with Crippen LogP contribution in [0.5, 0.6) is 0 Å². The zero-order valence-corrected chi connectivity index (χ0v) is 15.7. The fourth-order valence-electron chi connectivity index (χ4n) is 2.48. The number of amides is 1. The van der Waals surface area contributed by atoms with Crippen molar-refractivity contribution in [1.82, 2.24) is 4.31 Å². The molecule has 0 unspecified atom stereocenters. The molecule has 1 aromatic carbocycles. The molecule has 25 heavy (non-hydrogen) atoms. The number of halogens is 1. The predicted octanol–water partition coefficient (Wildman–Crippen LogP) is 2.60. The van der Waals surface area contributed by atoms with Gasteiger partial charge in [0.25, 0.3) is 0 Å². The van der Waals surface area contributed by atoms with Crippen LogP contribution in [0.3, 0.4) is 0 Å². The van der Waals surface area contributed by atoms with Gasteiger partial charge in [-0.25, -0.2) is 8.42 Å². The van der Waals surface area contributed by atoms with Gasteiger partial charge in [0.2, 0.25) is 15.9 Å². The van der Waals surface area contributed by atoms with Crippen molar-refractivity contribution in [2.45, 2.75) is 11.3 Å². The molecule has 3 rings (SSSR count). The molecule has 1 amide bonds. The van der Waals surface area contributed by atoms with Gasteiger partial charge in [-0.2, -0.15) is 4.31 Å². The number of nitrogens with one attached hydrogen (secondary N) is 1. The van der Waals surface area contributed by atoms with Gasteiger partial charge in [-0.3, -0.25) is 4.79 Å². The number of rotatable bonds is 5. The minimum atomic E-state index is -3.73. The van der Waals surface area contributed by atoms with E-state index in [4.69, 9.17) is 16.3 Å². The molecule has 134 valence electrons. The van der Waals surface area contributed by atoms with Crippen molar-refractivity contribution in [3.05, 3.63) is 45.6 Å². The van der Waals surface area contributed by atoms with Crippen molar-refractivity contribution in [1.29, 1.82) is 0 Å². The maximum absolute atomic E-state index is 12.8. The predicted molar refractivity (Wildman–Crippen MR) is 97.7 cm³/mol. The van der Waals surface area contributed by atoms with Crippen LogP contribution in [0.15, 0.2) is 40.6 Å². The van der Waals surface area contributed by atoms with Gasteiger partial charge in [0, 0.05) is 23.7 Å². The summed E-state index contributed by atoms with van der Waals surface area (Å²) >= 11 is 7.60. The summed E-state index contributed by atoms with van der Waals surface area (Å²) in [4.78, 5) is 13.0. The molecule has 0 atom stereocenters. The lowest BCUT2D eigenvalue weighted by Crippen LogP contribution is -2.40. The van der Waals surface area contributed by atoms with Crippen LogP contribution >= 0.6 is 22.9 Å². The molecule has 0 saturated carbocycles. The molecule has 0 bridgehead atoms. The van der Waals surface area contributed by atoms with Crippen LogP contribution in [0.2, 0.25) is 5.02 Å². The van der Waals surface area contributed by atoms with Crippen LogP contribution in [0.1, 0.15) is 4.88 Å². The molecule has 1 aliphatic rings. The number of thiophene rings is 1. The largest absolute Gasteiger partial charge is 0.379 e. The highest BCUT2D eigenvalue weighted by Crippen LogP contribution is 2.28. The average Bonchev–Trinajstić information content (AvgIpc) is 3.10. The molecular weight excluding hydrogens is 384 g/mol. The third-order valence-electron chi connectivity index (χ3n) is 3.72. The quantitative estimate of drug-likeness (QED) is 0.837. The summed E-state index contributed by atoms with van der Waals surface area (Å²) in [6, 6.07) is 8.23. The second-order valence-corrected chi connectivity index (χ2v) is 8.81. The normalized spacial score (nSPS) is 15.9. The highest BCUT2D eigenvalue weighted by Gasteiger charge is 2.28.